The molecule has 6 heteroatoms. The number of halogens is 1. The molecule has 5 nitrogen and oxygen atoms in total. The van der Waals surface area contributed by atoms with Gasteiger partial charge in [-0.15, -0.1) is 12.4 Å². The number of aromatic nitrogens is 1. The Bertz CT molecular complexity index is 676. The summed E-state index contributed by atoms with van der Waals surface area (Å²) in [6, 6.07) is 9.79. The summed E-state index contributed by atoms with van der Waals surface area (Å²) in [6.07, 6.45) is 2.08. The predicted octanol–water partition coefficient (Wildman–Crippen LogP) is 3.53. The van der Waals surface area contributed by atoms with Gasteiger partial charge in [0.05, 0.1) is 0 Å². The summed E-state index contributed by atoms with van der Waals surface area (Å²) < 4.78 is 5.30. The van der Waals surface area contributed by atoms with Crippen molar-refractivity contribution in [2.75, 3.05) is 26.2 Å². The van der Waals surface area contributed by atoms with Crippen molar-refractivity contribution in [3.05, 3.63) is 41.7 Å². The van der Waals surface area contributed by atoms with Gasteiger partial charge in [-0.05, 0) is 38.8 Å². The fraction of sp³-hybridized carbons (Fsp3) is 0.474. The Morgan fingerprint density at radius 3 is 2.60 bits per heavy atom. The molecule has 2 aromatic rings. The molecule has 1 aromatic heterocycles. The van der Waals surface area contributed by atoms with Crippen molar-refractivity contribution in [3.63, 3.8) is 0 Å². The van der Waals surface area contributed by atoms with Crippen LogP contribution in [0.15, 0.2) is 34.9 Å². The highest BCUT2D eigenvalue weighted by molar-refractivity contribution is 5.92. The zero-order valence-corrected chi connectivity index (χ0v) is 15.6. The minimum Gasteiger partial charge on any atom is -0.350 e. The Balaban J connectivity index is 0.00000225. The summed E-state index contributed by atoms with van der Waals surface area (Å²) in [5.41, 5.74) is 2.87. The molecule has 0 unspecified atom stereocenters. The standard InChI is InChI=1S/C19H25N3O2.ClH/c1-3-20-13-15-8-10-22(11-9-15)19(23)18-12-17(21-24-18)16-6-4-14(2)5-7-16;/h4-7,12,15,20H,3,8-11,13H2,1-2H3;1H. The Labute approximate surface area is 155 Å². The molecule has 136 valence electrons. The summed E-state index contributed by atoms with van der Waals surface area (Å²) in [6.45, 7) is 7.78. The van der Waals surface area contributed by atoms with Gasteiger partial charge < -0.3 is 14.7 Å². The first kappa shape index (κ1) is 19.5. The van der Waals surface area contributed by atoms with Gasteiger partial charge in [0.25, 0.3) is 5.91 Å². The summed E-state index contributed by atoms with van der Waals surface area (Å²) in [5.74, 6) is 0.935. The van der Waals surface area contributed by atoms with E-state index >= 15 is 0 Å². The third-order valence-corrected chi connectivity index (χ3v) is 4.65. The number of amides is 1. The lowest BCUT2D eigenvalue weighted by atomic mass is 9.96. The molecule has 0 aliphatic carbocycles. The number of benzene rings is 1. The number of likely N-dealkylation sites (tertiary alicyclic amines) is 1. The zero-order chi connectivity index (χ0) is 16.9. The molecule has 1 aromatic carbocycles. The van der Waals surface area contributed by atoms with Crippen LogP contribution in [0, 0.1) is 12.8 Å². The molecule has 0 atom stereocenters. The van der Waals surface area contributed by atoms with Crippen LogP contribution in [0.5, 0.6) is 0 Å². The van der Waals surface area contributed by atoms with Crippen LogP contribution in [-0.4, -0.2) is 42.1 Å². The molecular weight excluding hydrogens is 338 g/mol. The van der Waals surface area contributed by atoms with E-state index in [9.17, 15) is 4.79 Å². The van der Waals surface area contributed by atoms with Gasteiger partial charge in [-0.3, -0.25) is 4.79 Å². The molecule has 0 bridgehead atoms. The van der Waals surface area contributed by atoms with Crippen molar-refractivity contribution in [2.45, 2.75) is 26.7 Å². The first-order valence-corrected chi connectivity index (χ1v) is 8.71. The number of aryl methyl sites for hydroxylation is 1. The number of hydrogen-bond donors (Lipinski definition) is 1. The lowest BCUT2D eigenvalue weighted by molar-refractivity contribution is 0.0648. The van der Waals surface area contributed by atoms with E-state index < -0.39 is 0 Å². The van der Waals surface area contributed by atoms with Crippen molar-refractivity contribution in [1.29, 1.82) is 0 Å². The molecule has 25 heavy (non-hydrogen) atoms. The van der Waals surface area contributed by atoms with Crippen LogP contribution in [0.4, 0.5) is 0 Å². The molecule has 0 radical (unpaired) electrons. The monoisotopic (exact) mass is 363 g/mol. The smallest absolute Gasteiger partial charge is 0.292 e. The molecule has 0 spiro atoms. The van der Waals surface area contributed by atoms with E-state index in [1.54, 1.807) is 6.07 Å². The average Bonchev–Trinajstić information content (AvgIpc) is 3.10. The van der Waals surface area contributed by atoms with Gasteiger partial charge in [-0.2, -0.15) is 0 Å². The van der Waals surface area contributed by atoms with Crippen LogP contribution in [0.2, 0.25) is 0 Å². The maximum absolute atomic E-state index is 12.6. The average molecular weight is 364 g/mol. The fourth-order valence-electron chi connectivity index (χ4n) is 3.08. The molecule has 3 rings (SSSR count). The Kier molecular flexibility index (Phi) is 7.02. The molecule has 1 amide bonds. The van der Waals surface area contributed by atoms with Gasteiger partial charge >= 0.3 is 0 Å². The van der Waals surface area contributed by atoms with Crippen molar-refractivity contribution >= 4 is 18.3 Å². The minimum atomic E-state index is -0.0530. The van der Waals surface area contributed by atoms with E-state index in [1.165, 1.54) is 5.56 Å². The summed E-state index contributed by atoms with van der Waals surface area (Å²) in [7, 11) is 0. The number of carbonyl (C=O) groups excluding carboxylic acids is 1. The second-order valence-corrected chi connectivity index (χ2v) is 6.49. The van der Waals surface area contributed by atoms with Crippen LogP contribution in [-0.2, 0) is 0 Å². The minimum absolute atomic E-state index is 0. The number of rotatable bonds is 5. The van der Waals surface area contributed by atoms with Gasteiger partial charge in [0.2, 0.25) is 5.76 Å². The van der Waals surface area contributed by atoms with Crippen LogP contribution < -0.4 is 5.32 Å². The highest BCUT2D eigenvalue weighted by Gasteiger charge is 2.26. The maximum Gasteiger partial charge on any atom is 0.292 e. The number of nitrogens with zero attached hydrogens (tertiary/aromatic N) is 2. The lowest BCUT2D eigenvalue weighted by Gasteiger charge is -2.31. The van der Waals surface area contributed by atoms with Gasteiger partial charge in [0, 0.05) is 24.7 Å². The van der Waals surface area contributed by atoms with Crippen LogP contribution in [0.1, 0.15) is 35.9 Å². The van der Waals surface area contributed by atoms with Gasteiger partial charge in [-0.25, -0.2) is 0 Å². The van der Waals surface area contributed by atoms with Crippen molar-refractivity contribution in [3.8, 4) is 11.3 Å². The van der Waals surface area contributed by atoms with E-state index in [0.29, 0.717) is 17.4 Å². The van der Waals surface area contributed by atoms with Crippen molar-refractivity contribution in [2.24, 2.45) is 5.92 Å². The second kappa shape index (κ2) is 9.02. The lowest BCUT2D eigenvalue weighted by Crippen LogP contribution is -2.40. The molecule has 1 N–H and O–H groups in total. The number of piperidine rings is 1. The van der Waals surface area contributed by atoms with Crippen LogP contribution in [0.3, 0.4) is 0 Å². The fourth-order valence-corrected chi connectivity index (χ4v) is 3.08. The SMILES string of the molecule is CCNCC1CCN(C(=O)c2cc(-c3ccc(C)cc3)no2)CC1.Cl. The first-order chi connectivity index (χ1) is 11.7. The van der Waals surface area contributed by atoms with Gasteiger partial charge in [0.15, 0.2) is 0 Å². The second-order valence-electron chi connectivity index (χ2n) is 6.49. The van der Waals surface area contributed by atoms with Crippen molar-refractivity contribution < 1.29 is 9.32 Å². The predicted molar refractivity (Wildman–Crippen MR) is 101 cm³/mol. The highest BCUT2D eigenvalue weighted by atomic mass is 35.5. The summed E-state index contributed by atoms with van der Waals surface area (Å²) in [5, 5.41) is 7.44. The Hall–Kier alpha value is -1.85. The topological polar surface area (TPSA) is 58.4 Å². The molecular formula is C19H26ClN3O2. The number of hydrogen-bond acceptors (Lipinski definition) is 4. The van der Waals surface area contributed by atoms with Gasteiger partial charge in [0.1, 0.15) is 5.69 Å². The summed E-state index contributed by atoms with van der Waals surface area (Å²) in [4.78, 5) is 14.5. The van der Waals surface area contributed by atoms with Gasteiger partial charge in [-0.1, -0.05) is 41.9 Å². The molecule has 1 aliphatic heterocycles. The Morgan fingerprint density at radius 2 is 1.96 bits per heavy atom. The zero-order valence-electron chi connectivity index (χ0n) is 14.8. The first-order valence-electron chi connectivity index (χ1n) is 8.71. The maximum atomic E-state index is 12.6. The summed E-state index contributed by atoms with van der Waals surface area (Å²) >= 11 is 0. The van der Waals surface area contributed by atoms with E-state index in [2.05, 4.69) is 17.4 Å². The molecule has 1 fully saturated rings. The third kappa shape index (κ3) is 4.83. The number of nitrogens with one attached hydrogen (secondary N) is 1. The van der Waals surface area contributed by atoms with E-state index in [-0.39, 0.29) is 18.3 Å². The van der Waals surface area contributed by atoms with Crippen LogP contribution in [0.25, 0.3) is 11.3 Å². The van der Waals surface area contributed by atoms with Crippen molar-refractivity contribution in [1.82, 2.24) is 15.4 Å². The Morgan fingerprint density at radius 1 is 1.28 bits per heavy atom. The molecule has 0 saturated carbocycles. The number of carbonyl (C=O) groups is 1. The molecule has 1 aliphatic rings. The quantitative estimate of drug-likeness (QED) is 0.882. The highest BCUT2D eigenvalue weighted by Crippen LogP contribution is 2.22. The molecule has 2 heterocycles. The third-order valence-electron chi connectivity index (χ3n) is 4.65. The van der Waals surface area contributed by atoms with Crippen LogP contribution >= 0.6 is 12.4 Å². The van der Waals surface area contributed by atoms with E-state index in [4.69, 9.17) is 4.52 Å². The normalized spacial score (nSPS) is 15.0. The van der Waals surface area contributed by atoms with E-state index in [0.717, 1.165) is 44.6 Å². The van der Waals surface area contributed by atoms with E-state index in [1.807, 2.05) is 36.1 Å². The largest absolute Gasteiger partial charge is 0.350 e. The molecule has 1 saturated heterocycles.